The van der Waals surface area contributed by atoms with Gasteiger partial charge in [0.05, 0.1) is 0 Å². The van der Waals surface area contributed by atoms with E-state index in [1.54, 1.807) is 31.1 Å². The topological polar surface area (TPSA) is 56.3 Å². The second kappa shape index (κ2) is 9.45. The first kappa shape index (κ1) is 24.1. The number of allylic oxidation sites excluding steroid dienone is 1. The molecule has 0 N–H and O–H groups in total. The molecule has 3 saturated heterocycles. The molecule has 4 aliphatic heterocycles. The number of hydrogen-bond acceptors (Lipinski definition) is 4. The van der Waals surface area contributed by atoms with Crippen molar-refractivity contribution < 1.29 is 18.7 Å². The highest BCUT2D eigenvalue weighted by Crippen LogP contribution is 2.48. The molecule has 1 aromatic carbocycles. The van der Waals surface area contributed by atoms with E-state index in [-0.39, 0.29) is 35.4 Å². The van der Waals surface area contributed by atoms with Crippen LogP contribution in [0, 0.1) is 5.82 Å². The summed E-state index contributed by atoms with van der Waals surface area (Å²) < 4.78 is 19.7. The van der Waals surface area contributed by atoms with Crippen molar-refractivity contribution in [3.05, 3.63) is 41.7 Å². The summed E-state index contributed by atoms with van der Waals surface area (Å²) in [4.78, 5) is 33.5. The number of rotatable bonds is 3. The van der Waals surface area contributed by atoms with Crippen molar-refractivity contribution in [1.82, 2.24) is 14.7 Å². The summed E-state index contributed by atoms with van der Waals surface area (Å²) in [5.74, 6) is -0.241. The molecule has 0 aliphatic carbocycles. The van der Waals surface area contributed by atoms with Gasteiger partial charge in [-0.1, -0.05) is 12.2 Å². The monoisotopic (exact) mass is 484 g/mol. The van der Waals surface area contributed by atoms with E-state index in [4.69, 9.17) is 4.74 Å². The summed E-state index contributed by atoms with van der Waals surface area (Å²) >= 11 is 0. The van der Waals surface area contributed by atoms with Crippen LogP contribution >= 0.6 is 0 Å². The van der Waals surface area contributed by atoms with Gasteiger partial charge in [-0.3, -0.25) is 4.90 Å². The van der Waals surface area contributed by atoms with Crippen LogP contribution in [0.2, 0.25) is 0 Å². The maximum Gasteiger partial charge on any atom is 0.410 e. The standard InChI is InChI=1S/C27H37FN4O3/c1-4-5-14-35-26(34)32-20-7-8-21(32)17-22(16-20)30-12-10-27(11-13-30)18-31(25(33)29(2)3)24-9-6-19(28)15-23(24)27/h4-6,9,15,20-22H,7-8,10-14,16-18H2,1-3H3. The van der Waals surface area contributed by atoms with Gasteiger partial charge in [0.15, 0.2) is 0 Å². The Hall–Kier alpha value is -2.61. The molecule has 1 spiro atoms. The molecule has 0 radical (unpaired) electrons. The summed E-state index contributed by atoms with van der Waals surface area (Å²) in [7, 11) is 3.52. The Morgan fingerprint density at radius 3 is 2.46 bits per heavy atom. The number of amides is 3. The van der Waals surface area contributed by atoms with Gasteiger partial charge in [-0.15, -0.1) is 0 Å². The molecule has 2 atom stereocenters. The Bertz CT molecular complexity index is 990. The Morgan fingerprint density at radius 1 is 1.14 bits per heavy atom. The summed E-state index contributed by atoms with van der Waals surface area (Å²) in [6.07, 6.45) is 9.44. The van der Waals surface area contributed by atoms with Gasteiger partial charge < -0.3 is 19.4 Å². The molecule has 35 heavy (non-hydrogen) atoms. The molecule has 2 unspecified atom stereocenters. The van der Waals surface area contributed by atoms with E-state index in [1.807, 2.05) is 28.9 Å². The normalized spacial score (nSPS) is 27.5. The van der Waals surface area contributed by atoms with Crippen LogP contribution in [-0.2, 0) is 10.2 Å². The lowest BCUT2D eigenvalue weighted by Gasteiger charge is -2.47. The largest absolute Gasteiger partial charge is 0.445 e. The highest BCUT2D eigenvalue weighted by atomic mass is 19.1. The van der Waals surface area contributed by atoms with Gasteiger partial charge >= 0.3 is 12.1 Å². The minimum absolute atomic E-state index is 0.0533. The van der Waals surface area contributed by atoms with Crippen LogP contribution in [0.4, 0.5) is 19.7 Å². The number of anilines is 1. The van der Waals surface area contributed by atoms with Gasteiger partial charge in [-0.2, -0.15) is 0 Å². The van der Waals surface area contributed by atoms with Crippen LogP contribution in [0.3, 0.4) is 0 Å². The van der Waals surface area contributed by atoms with Crippen LogP contribution in [0.1, 0.15) is 51.0 Å². The maximum absolute atomic E-state index is 14.3. The maximum atomic E-state index is 14.3. The molecule has 7 nitrogen and oxygen atoms in total. The van der Waals surface area contributed by atoms with Gasteiger partial charge in [-0.05, 0) is 82.3 Å². The Kier molecular flexibility index (Phi) is 6.51. The van der Waals surface area contributed by atoms with E-state index in [1.165, 1.54) is 6.07 Å². The van der Waals surface area contributed by atoms with Crippen molar-refractivity contribution in [2.24, 2.45) is 0 Å². The van der Waals surface area contributed by atoms with Crippen LogP contribution in [-0.4, -0.2) is 85.3 Å². The molecule has 4 heterocycles. The minimum Gasteiger partial charge on any atom is -0.445 e. The highest BCUT2D eigenvalue weighted by Gasteiger charge is 2.50. The summed E-state index contributed by atoms with van der Waals surface area (Å²) in [6.45, 7) is 4.71. The zero-order valence-corrected chi connectivity index (χ0v) is 21.1. The number of fused-ring (bicyclic) bond motifs is 4. The van der Waals surface area contributed by atoms with Crippen LogP contribution in [0.5, 0.6) is 0 Å². The van der Waals surface area contributed by atoms with Crippen molar-refractivity contribution >= 4 is 17.8 Å². The first-order chi connectivity index (χ1) is 16.8. The third-order valence-electron chi connectivity index (χ3n) is 8.62. The molecule has 0 saturated carbocycles. The molecule has 8 heteroatoms. The van der Waals surface area contributed by atoms with Gasteiger partial charge in [0, 0.05) is 49.9 Å². The number of carbonyl (C=O) groups excluding carboxylic acids is 2. The zero-order chi connectivity index (χ0) is 24.7. The van der Waals surface area contributed by atoms with E-state index < -0.39 is 0 Å². The van der Waals surface area contributed by atoms with Crippen molar-refractivity contribution in [1.29, 1.82) is 0 Å². The number of urea groups is 1. The molecule has 0 aromatic heterocycles. The van der Waals surface area contributed by atoms with Crippen LogP contribution < -0.4 is 4.90 Å². The third-order valence-corrected chi connectivity index (χ3v) is 8.62. The number of ether oxygens (including phenoxy) is 1. The summed E-state index contributed by atoms with van der Waals surface area (Å²) in [5.41, 5.74) is 1.63. The van der Waals surface area contributed by atoms with Crippen molar-refractivity contribution in [3.63, 3.8) is 0 Å². The number of likely N-dealkylation sites (tertiary alicyclic amines) is 1. The lowest BCUT2D eigenvalue weighted by atomic mass is 9.73. The first-order valence-corrected chi connectivity index (χ1v) is 12.9. The van der Waals surface area contributed by atoms with E-state index in [2.05, 4.69) is 4.90 Å². The number of halogens is 1. The van der Waals surface area contributed by atoms with Crippen LogP contribution in [0.15, 0.2) is 30.4 Å². The fourth-order valence-corrected chi connectivity index (χ4v) is 6.83. The van der Waals surface area contributed by atoms with E-state index in [9.17, 15) is 14.0 Å². The molecular weight excluding hydrogens is 447 g/mol. The van der Waals surface area contributed by atoms with Gasteiger partial charge in [0.25, 0.3) is 0 Å². The molecule has 3 fully saturated rings. The minimum atomic E-state index is -0.241. The lowest BCUT2D eigenvalue weighted by molar-refractivity contribution is 0.0297. The zero-order valence-electron chi connectivity index (χ0n) is 21.1. The summed E-state index contributed by atoms with van der Waals surface area (Å²) in [6, 6.07) is 5.77. The van der Waals surface area contributed by atoms with Crippen molar-refractivity contribution in [3.8, 4) is 0 Å². The fraction of sp³-hybridized carbons (Fsp3) is 0.630. The predicted molar refractivity (Wildman–Crippen MR) is 133 cm³/mol. The highest BCUT2D eigenvalue weighted by molar-refractivity contribution is 5.95. The molecule has 1 aromatic rings. The third kappa shape index (κ3) is 4.30. The quantitative estimate of drug-likeness (QED) is 0.598. The van der Waals surface area contributed by atoms with Gasteiger partial charge in [0.1, 0.15) is 12.4 Å². The van der Waals surface area contributed by atoms with E-state index in [0.717, 1.165) is 62.9 Å². The number of hydrogen-bond donors (Lipinski definition) is 0. The Balaban J connectivity index is 1.26. The number of carbonyl (C=O) groups is 2. The van der Waals surface area contributed by atoms with Crippen LogP contribution in [0.25, 0.3) is 0 Å². The molecule has 2 bridgehead atoms. The molecule has 5 rings (SSSR count). The van der Waals surface area contributed by atoms with E-state index in [0.29, 0.717) is 19.2 Å². The average molecular weight is 485 g/mol. The number of nitrogens with zero attached hydrogens (tertiary/aromatic N) is 4. The van der Waals surface area contributed by atoms with E-state index >= 15 is 0 Å². The summed E-state index contributed by atoms with van der Waals surface area (Å²) in [5, 5.41) is 0. The number of piperidine rings is 2. The average Bonchev–Trinajstić information content (AvgIpc) is 3.29. The van der Waals surface area contributed by atoms with Gasteiger partial charge in [0.2, 0.25) is 0 Å². The second-order valence-corrected chi connectivity index (χ2v) is 10.8. The second-order valence-electron chi connectivity index (χ2n) is 10.8. The Morgan fingerprint density at radius 2 is 1.83 bits per heavy atom. The molecule has 3 amide bonds. The Labute approximate surface area is 207 Å². The molecular formula is C27H37FN4O3. The van der Waals surface area contributed by atoms with Crippen molar-refractivity contribution in [2.45, 2.75) is 69.0 Å². The lowest BCUT2D eigenvalue weighted by Crippen LogP contribution is -2.55. The smallest absolute Gasteiger partial charge is 0.410 e. The fourth-order valence-electron chi connectivity index (χ4n) is 6.83. The molecule has 4 aliphatic rings. The SMILES string of the molecule is CC=CCOC(=O)N1C2CCC1CC(N1CCC3(CC1)CN(C(=O)N(C)C)c1ccc(F)cc13)C2. The molecule has 190 valence electrons. The van der Waals surface area contributed by atoms with Crippen molar-refractivity contribution in [2.75, 3.05) is 45.2 Å². The number of benzene rings is 1. The first-order valence-electron chi connectivity index (χ1n) is 12.9. The van der Waals surface area contributed by atoms with Gasteiger partial charge in [-0.25, -0.2) is 14.0 Å². The predicted octanol–water partition coefficient (Wildman–Crippen LogP) is 4.37.